The summed E-state index contributed by atoms with van der Waals surface area (Å²) in [6, 6.07) is 2.79. The molecule has 0 aliphatic carbocycles. The van der Waals surface area contributed by atoms with Crippen molar-refractivity contribution in [2.24, 2.45) is 0 Å². The molecule has 1 unspecified atom stereocenters. The number of hydrogen-bond donors (Lipinski definition) is 2. The Morgan fingerprint density at radius 3 is 2.58 bits per heavy atom. The molecule has 0 radical (unpaired) electrons. The van der Waals surface area contributed by atoms with Gasteiger partial charge in [0.1, 0.15) is 12.1 Å². The topological polar surface area (TPSA) is 73.1 Å². The summed E-state index contributed by atoms with van der Waals surface area (Å²) < 4.78 is 38.4. The monoisotopic (exact) mass is 292 g/mol. The number of nitriles is 1. The molecule has 0 aliphatic rings. The highest BCUT2D eigenvalue weighted by molar-refractivity contribution is 6.31. The Labute approximate surface area is 111 Å². The molecule has 0 aromatic heterocycles. The summed E-state index contributed by atoms with van der Waals surface area (Å²) in [7, 11) is 0. The second kappa shape index (κ2) is 5.91. The fourth-order valence-electron chi connectivity index (χ4n) is 1.41. The Balaban J connectivity index is 3.08. The molecule has 1 rings (SSSR count). The lowest BCUT2D eigenvalue weighted by atomic mass is 10.0. The number of rotatable bonds is 4. The summed E-state index contributed by atoms with van der Waals surface area (Å²) in [6.07, 6.45) is -4.67. The van der Waals surface area contributed by atoms with Crippen molar-refractivity contribution in [3.05, 3.63) is 34.3 Å². The van der Waals surface area contributed by atoms with Crippen LogP contribution >= 0.6 is 11.6 Å². The summed E-state index contributed by atoms with van der Waals surface area (Å²) in [6.45, 7) is -0.845. The molecule has 1 aromatic carbocycles. The maximum Gasteiger partial charge on any atom is 0.407 e. The summed E-state index contributed by atoms with van der Waals surface area (Å²) in [5.74, 6) is -1.41. The molecule has 8 heteroatoms. The molecule has 0 saturated heterocycles. The zero-order valence-corrected chi connectivity index (χ0v) is 10.1. The lowest BCUT2D eigenvalue weighted by Crippen LogP contribution is -2.37. The van der Waals surface area contributed by atoms with Gasteiger partial charge in [-0.05, 0) is 17.7 Å². The van der Waals surface area contributed by atoms with Crippen molar-refractivity contribution in [2.45, 2.75) is 12.2 Å². The van der Waals surface area contributed by atoms with Crippen LogP contribution in [0, 0.1) is 11.3 Å². The van der Waals surface area contributed by atoms with Crippen molar-refractivity contribution in [2.75, 3.05) is 6.54 Å². The third-order valence-corrected chi connectivity index (χ3v) is 2.54. The number of alkyl halides is 3. The molecule has 4 nitrogen and oxygen atoms in total. The van der Waals surface area contributed by atoms with E-state index in [-0.39, 0.29) is 16.1 Å². The molecular weight excluding hydrogens is 285 g/mol. The minimum Gasteiger partial charge on any atom is -0.480 e. The van der Waals surface area contributed by atoms with Gasteiger partial charge in [-0.15, -0.1) is 0 Å². The maximum absolute atomic E-state index is 12.8. The van der Waals surface area contributed by atoms with Gasteiger partial charge in [-0.25, -0.2) is 0 Å². The van der Waals surface area contributed by atoms with Crippen LogP contribution in [0.5, 0.6) is 0 Å². The third kappa shape index (κ3) is 4.12. The van der Waals surface area contributed by atoms with Gasteiger partial charge < -0.3 is 5.11 Å². The first-order chi connectivity index (χ1) is 8.75. The van der Waals surface area contributed by atoms with Crippen molar-refractivity contribution in [1.82, 2.24) is 5.32 Å². The summed E-state index contributed by atoms with van der Waals surface area (Å²) in [5, 5.41) is 18.8. The predicted octanol–water partition coefficient (Wildman–Crippen LogP) is 2.49. The number of aliphatic carboxylic acids is 1. The van der Waals surface area contributed by atoms with Gasteiger partial charge in [0.2, 0.25) is 0 Å². The Morgan fingerprint density at radius 2 is 2.16 bits per heavy atom. The largest absolute Gasteiger partial charge is 0.480 e. The second-order valence-electron chi connectivity index (χ2n) is 3.60. The van der Waals surface area contributed by atoms with Crippen molar-refractivity contribution in [3.8, 4) is 6.07 Å². The fraction of sp³-hybridized carbons (Fsp3) is 0.273. The van der Waals surface area contributed by atoms with E-state index in [4.69, 9.17) is 22.0 Å². The van der Waals surface area contributed by atoms with Gasteiger partial charge in [-0.1, -0.05) is 17.7 Å². The first-order valence-corrected chi connectivity index (χ1v) is 5.35. The number of carbonyl (C=O) groups is 1. The van der Waals surface area contributed by atoms with Gasteiger partial charge in [0, 0.05) is 0 Å². The van der Waals surface area contributed by atoms with Gasteiger partial charge in [-0.2, -0.15) is 18.4 Å². The van der Waals surface area contributed by atoms with Crippen molar-refractivity contribution in [3.63, 3.8) is 0 Å². The quantitative estimate of drug-likeness (QED) is 0.894. The normalized spacial score (nSPS) is 12.8. The Bertz CT molecular complexity index is 526. The Kier molecular flexibility index (Phi) is 4.75. The number of benzene rings is 1. The molecule has 0 aliphatic heterocycles. The smallest absolute Gasteiger partial charge is 0.407 e. The van der Waals surface area contributed by atoms with Crippen LogP contribution in [-0.2, 0) is 4.79 Å². The van der Waals surface area contributed by atoms with Crippen molar-refractivity contribution < 1.29 is 23.1 Å². The molecule has 0 spiro atoms. The number of nitrogens with zero attached hydrogens (tertiary/aromatic N) is 1. The van der Waals surface area contributed by atoms with Crippen LogP contribution in [0.3, 0.4) is 0 Å². The highest BCUT2D eigenvalue weighted by Gasteiger charge is 2.40. The van der Waals surface area contributed by atoms with E-state index in [0.717, 1.165) is 18.2 Å². The zero-order valence-electron chi connectivity index (χ0n) is 9.33. The first kappa shape index (κ1) is 15.3. The van der Waals surface area contributed by atoms with Gasteiger partial charge in [0.05, 0.1) is 17.1 Å². The summed E-state index contributed by atoms with van der Waals surface area (Å²) in [4.78, 5) is 10.3. The molecule has 0 saturated carbocycles. The molecule has 0 amide bonds. The number of nitrogens with one attached hydrogen (secondary N) is 1. The Hall–Kier alpha value is -1.78. The standard InChI is InChI=1S/C11H8ClF3N2O2/c12-8-3-6(1-2-7(8)4-16)10(11(13,14)15)17-5-9(18)19/h1-3,10,17H,5H2,(H,18,19). The van der Waals surface area contributed by atoms with E-state index in [1.807, 2.05) is 5.32 Å². The van der Waals surface area contributed by atoms with Crippen LogP contribution < -0.4 is 5.32 Å². The minimum absolute atomic E-state index is 0.0459. The van der Waals surface area contributed by atoms with E-state index in [0.29, 0.717) is 0 Å². The van der Waals surface area contributed by atoms with Crippen LogP contribution in [0.2, 0.25) is 5.02 Å². The van der Waals surface area contributed by atoms with E-state index < -0.39 is 24.7 Å². The molecule has 0 bridgehead atoms. The van der Waals surface area contributed by atoms with Crippen LogP contribution in [0.15, 0.2) is 18.2 Å². The number of carboxylic acid groups (broad SMARTS) is 1. The van der Waals surface area contributed by atoms with Crippen LogP contribution in [0.4, 0.5) is 13.2 Å². The van der Waals surface area contributed by atoms with E-state index in [1.54, 1.807) is 6.07 Å². The van der Waals surface area contributed by atoms with Gasteiger partial charge in [0.25, 0.3) is 0 Å². The second-order valence-corrected chi connectivity index (χ2v) is 4.01. The Morgan fingerprint density at radius 1 is 1.53 bits per heavy atom. The van der Waals surface area contributed by atoms with Crippen LogP contribution in [0.25, 0.3) is 0 Å². The molecule has 2 N–H and O–H groups in total. The van der Waals surface area contributed by atoms with Crippen LogP contribution in [0.1, 0.15) is 17.2 Å². The highest BCUT2D eigenvalue weighted by Crippen LogP contribution is 2.34. The predicted molar refractivity (Wildman–Crippen MR) is 60.6 cm³/mol. The summed E-state index contributed by atoms with van der Waals surface area (Å²) >= 11 is 5.65. The van der Waals surface area contributed by atoms with Crippen molar-refractivity contribution in [1.29, 1.82) is 5.26 Å². The van der Waals surface area contributed by atoms with Gasteiger partial charge >= 0.3 is 12.1 Å². The molecule has 19 heavy (non-hydrogen) atoms. The molecule has 102 valence electrons. The number of halogens is 4. The maximum atomic E-state index is 12.8. The van der Waals surface area contributed by atoms with E-state index >= 15 is 0 Å². The lowest BCUT2D eigenvalue weighted by molar-refractivity contribution is -0.159. The number of hydrogen-bond acceptors (Lipinski definition) is 3. The van der Waals surface area contributed by atoms with Crippen LogP contribution in [-0.4, -0.2) is 23.8 Å². The van der Waals surface area contributed by atoms with E-state index in [9.17, 15) is 18.0 Å². The highest BCUT2D eigenvalue weighted by atomic mass is 35.5. The average Bonchev–Trinajstić information content (AvgIpc) is 2.27. The molecule has 0 fully saturated rings. The number of carboxylic acids is 1. The zero-order chi connectivity index (χ0) is 14.6. The molecule has 1 aromatic rings. The fourth-order valence-corrected chi connectivity index (χ4v) is 1.64. The molecular formula is C11H8ClF3N2O2. The van der Waals surface area contributed by atoms with Gasteiger partial charge in [0.15, 0.2) is 0 Å². The summed E-state index contributed by atoms with van der Waals surface area (Å²) in [5.41, 5.74) is -0.206. The first-order valence-electron chi connectivity index (χ1n) is 4.97. The third-order valence-electron chi connectivity index (χ3n) is 2.23. The van der Waals surface area contributed by atoms with E-state index in [2.05, 4.69) is 0 Å². The minimum atomic E-state index is -4.67. The lowest BCUT2D eigenvalue weighted by Gasteiger charge is -2.21. The SMILES string of the molecule is N#Cc1ccc(C(NCC(=O)O)C(F)(F)F)cc1Cl. The molecule has 1 atom stereocenters. The van der Waals surface area contributed by atoms with E-state index in [1.165, 1.54) is 0 Å². The molecule has 0 heterocycles. The van der Waals surface area contributed by atoms with Crippen molar-refractivity contribution >= 4 is 17.6 Å². The average molecular weight is 293 g/mol. The van der Waals surface area contributed by atoms with Gasteiger partial charge in [-0.3, -0.25) is 10.1 Å².